The Morgan fingerprint density at radius 2 is 2.25 bits per heavy atom. The van der Waals surface area contributed by atoms with Gasteiger partial charge in [-0.3, -0.25) is 4.79 Å². The highest BCUT2D eigenvalue weighted by molar-refractivity contribution is 5.93. The van der Waals surface area contributed by atoms with Crippen molar-refractivity contribution in [1.29, 1.82) is 0 Å². The number of pyridine rings is 1. The van der Waals surface area contributed by atoms with Crippen molar-refractivity contribution >= 4 is 11.6 Å². The second-order valence-corrected chi connectivity index (χ2v) is 4.39. The van der Waals surface area contributed by atoms with Gasteiger partial charge in [0.2, 0.25) is 0 Å². The van der Waals surface area contributed by atoms with Gasteiger partial charge in [0.05, 0.1) is 13.2 Å². The van der Waals surface area contributed by atoms with Gasteiger partial charge < -0.3 is 14.4 Å². The molecule has 2 rings (SSSR count). The molecule has 0 unspecified atom stereocenters. The van der Waals surface area contributed by atoms with E-state index in [1.807, 2.05) is 13.0 Å². The molecule has 2 aromatic rings. The smallest absolute Gasteiger partial charge is 0.274 e. The first-order valence-corrected chi connectivity index (χ1v) is 6.16. The van der Waals surface area contributed by atoms with Crippen LogP contribution in [0.25, 0.3) is 5.65 Å². The monoisotopic (exact) mass is 283 g/mol. The van der Waals surface area contributed by atoms with Crippen LogP contribution in [0.2, 0.25) is 0 Å². The van der Waals surface area contributed by atoms with Crippen LogP contribution in [0.15, 0.2) is 24.4 Å². The first kappa shape index (κ1) is 14.4. The van der Waals surface area contributed by atoms with Crippen LogP contribution < -0.4 is 0 Å². The highest BCUT2D eigenvalue weighted by Crippen LogP contribution is 2.11. The maximum absolute atomic E-state index is 12.5. The van der Waals surface area contributed by atoms with E-state index in [-0.39, 0.29) is 18.8 Å². The number of nitrogens with zero attached hydrogens (tertiary/aromatic N) is 3. The standard InChI is InChI=1S/C13H15F2N3O2/c1-9-3-2-4-12-16-10(7-18(9)12)13(20)17(5-6-19)8-11(14)15/h2-4,7,11,19H,5-6,8H2,1H3. The second-order valence-electron chi connectivity index (χ2n) is 4.39. The molecule has 0 saturated carbocycles. The summed E-state index contributed by atoms with van der Waals surface area (Å²) in [6.45, 7) is 0.626. The van der Waals surface area contributed by atoms with Gasteiger partial charge in [-0.25, -0.2) is 13.8 Å². The van der Waals surface area contributed by atoms with E-state index in [0.29, 0.717) is 5.65 Å². The molecule has 0 saturated heterocycles. The summed E-state index contributed by atoms with van der Waals surface area (Å²) in [7, 11) is 0. The van der Waals surface area contributed by atoms with Gasteiger partial charge in [0.15, 0.2) is 0 Å². The molecule has 1 N–H and O–H groups in total. The molecular weight excluding hydrogens is 268 g/mol. The van der Waals surface area contributed by atoms with E-state index in [9.17, 15) is 13.6 Å². The molecule has 2 aromatic heterocycles. The molecule has 0 aliphatic carbocycles. The average molecular weight is 283 g/mol. The van der Waals surface area contributed by atoms with E-state index >= 15 is 0 Å². The number of aliphatic hydroxyl groups is 1. The molecule has 0 aliphatic rings. The first-order valence-electron chi connectivity index (χ1n) is 6.16. The number of carbonyl (C=O) groups is 1. The Labute approximate surface area is 114 Å². The van der Waals surface area contributed by atoms with Crippen molar-refractivity contribution in [2.75, 3.05) is 19.7 Å². The van der Waals surface area contributed by atoms with Gasteiger partial charge in [0.25, 0.3) is 12.3 Å². The Bertz CT molecular complexity index is 613. The molecular formula is C13H15F2N3O2. The predicted octanol–water partition coefficient (Wildman–Crippen LogP) is 1.34. The lowest BCUT2D eigenvalue weighted by molar-refractivity contribution is 0.0505. The van der Waals surface area contributed by atoms with Crippen LogP contribution in [0, 0.1) is 6.92 Å². The van der Waals surface area contributed by atoms with Gasteiger partial charge in [-0.2, -0.15) is 0 Å². The lowest BCUT2D eigenvalue weighted by Crippen LogP contribution is -2.37. The Hall–Kier alpha value is -2.02. The minimum Gasteiger partial charge on any atom is -0.395 e. The average Bonchev–Trinajstić information content (AvgIpc) is 2.82. The number of aliphatic hydroxyl groups excluding tert-OH is 1. The van der Waals surface area contributed by atoms with Gasteiger partial charge in [0, 0.05) is 18.4 Å². The zero-order valence-corrected chi connectivity index (χ0v) is 11.0. The van der Waals surface area contributed by atoms with Gasteiger partial charge in [-0.1, -0.05) is 6.07 Å². The van der Waals surface area contributed by atoms with Gasteiger partial charge >= 0.3 is 0 Å². The molecule has 1 amide bonds. The van der Waals surface area contributed by atoms with Crippen LogP contribution in [0.1, 0.15) is 16.2 Å². The first-order chi connectivity index (χ1) is 9.52. The van der Waals surface area contributed by atoms with Gasteiger partial charge in [-0.15, -0.1) is 0 Å². The zero-order chi connectivity index (χ0) is 14.7. The summed E-state index contributed by atoms with van der Waals surface area (Å²) >= 11 is 0. The number of rotatable bonds is 5. The topological polar surface area (TPSA) is 57.8 Å². The molecule has 0 aliphatic heterocycles. The molecule has 2 heterocycles. The van der Waals surface area contributed by atoms with Crippen molar-refractivity contribution in [2.45, 2.75) is 13.3 Å². The predicted molar refractivity (Wildman–Crippen MR) is 68.9 cm³/mol. The number of halogens is 2. The number of amides is 1. The van der Waals surface area contributed by atoms with Crippen LogP contribution in [0.5, 0.6) is 0 Å². The third-order valence-corrected chi connectivity index (χ3v) is 2.93. The molecule has 0 spiro atoms. The quantitative estimate of drug-likeness (QED) is 0.901. The van der Waals surface area contributed by atoms with Gasteiger partial charge in [-0.05, 0) is 19.1 Å². The molecule has 0 fully saturated rings. The lowest BCUT2D eigenvalue weighted by atomic mass is 10.3. The Morgan fingerprint density at radius 3 is 2.85 bits per heavy atom. The van der Waals surface area contributed by atoms with Crippen LogP contribution in [0.3, 0.4) is 0 Å². The van der Waals surface area contributed by atoms with E-state index in [2.05, 4.69) is 4.98 Å². The fourth-order valence-corrected chi connectivity index (χ4v) is 1.98. The van der Waals surface area contributed by atoms with E-state index in [0.717, 1.165) is 10.6 Å². The number of imidazole rings is 1. The van der Waals surface area contributed by atoms with Crippen LogP contribution >= 0.6 is 0 Å². The number of hydrogen-bond donors (Lipinski definition) is 1. The third kappa shape index (κ3) is 2.93. The minimum absolute atomic E-state index is 0.0911. The number of carbonyl (C=O) groups excluding carboxylic acids is 1. The Kier molecular flexibility index (Phi) is 4.29. The maximum Gasteiger partial charge on any atom is 0.274 e. The second kappa shape index (κ2) is 5.96. The largest absolute Gasteiger partial charge is 0.395 e. The van der Waals surface area contributed by atoms with Crippen LogP contribution in [-0.4, -0.2) is 51.4 Å². The lowest BCUT2D eigenvalue weighted by Gasteiger charge is -2.19. The molecule has 0 bridgehead atoms. The van der Waals surface area contributed by atoms with E-state index < -0.39 is 18.9 Å². The van der Waals surface area contributed by atoms with Crippen molar-refractivity contribution in [3.05, 3.63) is 35.8 Å². The number of hydrogen-bond acceptors (Lipinski definition) is 3. The maximum atomic E-state index is 12.5. The summed E-state index contributed by atoms with van der Waals surface area (Å²) in [4.78, 5) is 17.2. The fraction of sp³-hybridized carbons (Fsp3) is 0.385. The molecule has 7 heteroatoms. The summed E-state index contributed by atoms with van der Waals surface area (Å²) in [5.41, 5.74) is 1.55. The Morgan fingerprint density at radius 1 is 1.50 bits per heavy atom. The van der Waals surface area contributed by atoms with Crippen molar-refractivity contribution in [1.82, 2.24) is 14.3 Å². The van der Waals surface area contributed by atoms with Crippen molar-refractivity contribution < 1.29 is 18.7 Å². The van der Waals surface area contributed by atoms with Crippen LogP contribution in [0.4, 0.5) is 8.78 Å². The SMILES string of the molecule is Cc1cccc2nc(C(=O)N(CCO)CC(F)F)cn12. The van der Waals surface area contributed by atoms with E-state index in [4.69, 9.17) is 5.11 Å². The van der Waals surface area contributed by atoms with Crippen molar-refractivity contribution in [2.24, 2.45) is 0 Å². The van der Waals surface area contributed by atoms with Crippen LogP contribution in [-0.2, 0) is 0 Å². The highest BCUT2D eigenvalue weighted by Gasteiger charge is 2.21. The van der Waals surface area contributed by atoms with Gasteiger partial charge in [0.1, 0.15) is 11.3 Å². The summed E-state index contributed by atoms with van der Waals surface area (Å²) in [6.07, 6.45) is -1.13. The number of aryl methyl sites for hydroxylation is 1. The summed E-state index contributed by atoms with van der Waals surface area (Å²) in [6, 6.07) is 5.39. The molecule has 108 valence electrons. The summed E-state index contributed by atoms with van der Waals surface area (Å²) in [5.74, 6) is -0.609. The molecule has 0 atom stereocenters. The zero-order valence-electron chi connectivity index (χ0n) is 11.0. The Balaban J connectivity index is 2.31. The van der Waals surface area contributed by atoms with E-state index in [1.54, 1.807) is 16.5 Å². The molecule has 5 nitrogen and oxygen atoms in total. The molecule has 0 radical (unpaired) electrons. The summed E-state index contributed by atoms with van der Waals surface area (Å²) in [5, 5.41) is 8.86. The van der Waals surface area contributed by atoms with Crippen molar-refractivity contribution in [3.63, 3.8) is 0 Å². The fourth-order valence-electron chi connectivity index (χ4n) is 1.98. The number of alkyl halides is 2. The summed E-state index contributed by atoms with van der Waals surface area (Å²) < 4.78 is 26.6. The van der Waals surface area contributed by atoms with Crippen molar-refractivity contribution in [3.8, 4) is 0 Å². The van der Waals surface area contributed by atoms with E-state index in [1.165, 1.54) is 6.20 Å². The minimum atomic E-state index is -2.65. The molecule has 20 heavy (non-hydrogen) atoms. The molecule has 0 aromatic carbocycles. The number of fused-ring (bicyclic) bond motifs is 1. The third-order valence-electron chi connectivity index (χ3n) is 2.93. The number of aromatic nitrogens is 2. The highest BCUT2D eigenvalue weighted by atomic mass is 19.3. The normalized spacial score (nSPS) is 11.2.